The van der Waals surface area contributed by atoms with Crippen LogP contribution in [0, 0.1) is 0 Å². The Balaban J connectivity index is 3.02. The molecule has 0 N–H and O–H groups in total. The van der Waals surface area contributed by atoms with Crippen molar-refractivity contribution < 1.29 is 0 Å². The van der Waals surface area contributed by atoms with Crippen molar-refractivity contribution in [1.29, 1.82) is 0 Å². The quantitative estimate of drug-likeness (QED) is 0.180. The molecule has 0 aromatic rings. The first-order valence-corrected chi connectivity index (χ1v) is 9.78. The molecule has 0 radical (unpaired) electrons. The number of alkyl halides is 2. The van der Waals surface area contributed by atoms with Gasteiger partial charge in [0.15, 0.2) is 0 Å². The minimum atomic E-state index is 0.937. The number of rotatable bonds is 12. The molecule has 0 aliphatic heterocycles. The molecule has 0 heterocycles. The molecule has 0 rings (SSSR count). The van der Waals surface area contributed by atoms with Crippen LogP contribution in [0.1, 0.15) is 77.6 Å². The van der Waals surface area contributed by atoms with E-state index >= 15 is 0 Å². The third-order valence-electron chi connectivity index (χ3n) is 3.02. The van der Waals surface area contributed by atoms with Gasteiger partial charge in [0.05, 0.1) is 0 Å². The zero-order valence-electron chi connectivity index (χ0n) is 10.8. The van der Waals surface area contributed by atoms with Crippen LogP contribution in [0.25, 0.3) is 0 Å². The average molecular weight is 450 g/mol. The van der Waals surface area contributed by atoms with Gasteiger partial charge in [0, 0.05) is 3.92 Å². The second kappa shape index (κ2) is 14.5. The Kier molecular flexibility index (Phi) is 15.8. The van der Waals surface area contributed by atoms with Crippen LogP contribution in [-0.4, -0.2) is 8.35 Å². The number of hydrogen-bond donors (Lipinski definition) is 0. The van der Waals surface area contributed by atoms with Gasteiger partial charge >= 0.3 is 0 Å². The maximum Gasteiger partial charge on any atom is 0.0110 e. The van der Waals surface area contributed by atoms with Gasteiger partial charge < -0.3 is 0 Å². The van der Waals surface area contributed by atoms with Gasteiger partial charge in [0.25, 0.3) is 0 Å². The molecule has 0 saturated carbocycles. The second-order valence-corrected chi connectivity index (χ2v) is 7.53. The lowest BCUT2D eigenvalue weighted by atomic mass is 10.1. The molecule has 0 nitrogen and oxygen atoms in total. The molecule has 0 fully saturated rings. The first-order chi connectivity index (χ1) is 7.81. The zero-order chi connectivity index (χ0) is 12.1. The number of halogens is 2. The molecule has 98 valence electrons. The molecule has 0 aliphatic carbocycles. The highest BCUT2D eigenvalue weighted by molar-refractivity contribution is 14.1. The van der Waals surface area contributed by atoms with E-state index in [1.54, 1.807) is 0 Å². The van der Waals surface area contributed by atoms with E-state index in [0.717, 1.165) is 3.92 Å². The predicted molar refractivity (Wildman–Crippen MR) is 93.2 cm³/mol. The molecule has 1 unspecified atom stereocenters. The van der Waals surface area contributed by atoms with Crippen LogP contribution < -0.4 is 0 Å². The highest BCUT2D eigenvalue weighted by Gasteiger charge is 2.02. The first kappa shape index (κ1) is 17.5. The van der Waals surface area contributed by atoms with Crippen molar-refractivity contribution in [3.05, 3.63) is 0 Å². The first-order valence-electron chi connectivity index (χ1n) is 7.01. The van der Waals surface area contributed by atoms with Crippen molar-refractivity contribution >= 4 is 45.2 Å². The third kappa shape index (κ3) is 13.5. The second-order valence-electron chi connectivity index (χ2n) is 4.69. The molecule has 0 aromatic heterocycles. The third-order valence-corrected chi connectivity index (χ3v) is 5.03. The van der Waals surface area contributed by atoms with E-state index < -0.39 is 0 Å². The molecule has 0 bridgehead atoms. The van der Waals surface area contributed by atoms with E-state index in [0.29, 0.717) is 0 Å². The number of hydrogen-bond acceptors (Lipinski definition) is 0. The summed E-state index contributed by atoms with van der Waals surface area (Å²) in [6.07, 6.45) is 15.9. The lowest BCUT2D eigenvalue weighted by molar-refractivity contribution is 0.557. The van der Waals surface area contributed by atoms with Gasteiger partial charge in [0.2, 0.25) is 0 Å². The summed E-state index contributed by atoms with van der Waals surface area (Å²) in [6.45, 7) is 2.29. The fraction of sp³-hybridized carbons (Fsp3) is 1.00. The highest BCUT2D eigenvalue weighted by atomic mass is 127. The summed E-state index contributed by atoms with van der Waals surface area (Å²) in [6, 6.07) is 0. The minimum absolute atomic E-state index is 0.937. The molecular weight excluding hydrogens is 422 g/mol. The number of unbranched alkanes of at least 4 members (excludes halogenated alkanes) is 7. The Morgan fingerprint density at radius 2 is 1.25 bits per heavy atom. The summed E-state index contributed by atoms with van der Waals surface area (Å²) in [5.41, 5.74) is 0. The lowest BCUT2D eigenvalue weighted by Gasteiger charge is -2.08. The Hall–Kier alpha value is 1.46. The molecule has 16 heavy (non-hydrogen) atoms. The van der Waals surface area contributed by atoms with Crippen LogP contribution in [0.2, 0.25) is 0 Å². The van der Waals surface area contributed by atoms with Gasteiger partial charge in [-0.2, -0.15) is 0 Å². The van der Waals surface area contributed by atoms with E-state index in [1.807, 2.05) is 0 Å². The maximum atomic E-state index is 2.64. The Labute approximate surface area is 130 Å². The van der Waals surface area contributed by atoms with Gasteiger partial charge in [0.1, 0.15) is 0 Å². The van der Waals surface area contributed by atoms with E-state index in [1.165, 1.54) is 75.1 Å². The van der Waals surface area contributed by atoms with Crippen LogP contribution in [-0.2, 0) is 0 Å². The average Bonchev–Trinajstić information content (AvgIpc) is 2.30. The monoisotopic (exact) mass is 450 g/mol. The standard InChI is InChI=1S/C14H28I2/c1-2-3-4-5-6-7-8-9-11-14(16)12-10-13-15/h14H,2-13H2,1H3. The lowest BCUT2D eigenvalue weighted by Crippen LogP contribution is -1.97. The maximum absolute atomic E-state index is 2.64. The smallest absolute Gasteiger partial charge is 0.0110 e. The van der Waals surface area contributed by atoms with E-state index in [-0.39, 0.29) is 0 Å². The van der Waals surface area contributed by atoms with Crippen LogP contribution >= 0.6 is 45.2 Å². The van der Waals surface area contributed by atoms with Crippen molar-refractivity contribution in [2.24, 2.45) is 0 Å². The Morgan fingerprint density at radius 1 is 0.750 bits per heavy atom. The molecule has 0 spiro atoms. The molecule has 0 aromatic carbocycles. The summed E-state index contributed by atoms with van der Waals surface area (Å²) in [4.78, 5) is 0. The van der Waals surface area contributed by atoms with Crippen molar-refractivity contribution in [1.82, 2.24) is 0 Å². The van der Waals surface area contributed by atoms with Crippen molar-refractivity contribution in [3.8, 4) is 0 Å². The van der Waals surface area contributed by atoms with Crippen LogP contribution in [0.5, 0.6) is 0 Å². The summed E-state index contributed by atoms with van der Waals surface area (Å²) in [7, 11) is 0. The molecule has 0 saturated heterocycles. The Morgan fingerprint density at radius 3 is 1.81 bits per heavy atom. The fourth-order valence-electron chi connectivity index (χ4n) is 1.94. The van der Waals surface area contributed by atoms with Gasteiger partial charge in [-0.05, 0) is 23.7 Å². The molecule has 2 heteroatoms. The van der Waals surface area contributed by atoms with Crippen LogP contribution in [0.3, 0.4) is 0 Å². The van der Waals surface area contributed by atoms with E-state index in [9.17, 15) is 0 Å². The molecule has 0 amide bonds. The zero-order valence-corrected chi connectivity index (χ0v) is 15.1. The van der Waals surface area contributed by atoms with Gasteiger partial charge in [-0.3, -0.25) is 0 Å². The fourth-order valence-corrected chi connectivity index (χ4v) is 3.26. The van der Waals surface area contributed by atoms with Crippen LogP contribution in [0.15, 0.2) is 0 Å². The Bertz CT molecular complexity index is 126. The molecular formula is C14H28I2. The van der Waals surface area contributed by atoms with Crippen molar-refractivity contribution in [2.45, 2.75) is 81.5 Å². The summed E-state index contributed by atoms with van der Waals surface area (Å²) in [5.74, 6) is 0. The normalized spacial score (nSPS) is 12.9. The molecule has 0 aliphatic rings. The summed E-state index contributed by atoms with van der Waals surface area (Å²) >= 11 is 5.13. The van der Waals surface area contributed by atoms with Gasteiger partial charge in [-0.25, -0.2) is 0 Å². The minimum Gasteiger partial charge on any atom is -0.0864 e. The van der Waals surface area contributed by atoms with E-state index in [2.05, 4.69) is 52.1 Å². The van der Waals surface area contributed by atoms with Crippen LogP contribution in [0.4, 0.5) is 0 Å². The van der Waals surface area contributed by atoms with Gasteiger partial charge in [-0.1, -0.05) is 103 Å². The molecule has 1 atom stereocenters. The van der Waals surface area contributed by atoms with Crippen molar-refractivity contribution in [3.63, 3.8) is 0 Å². The highest BCUT2D eigenvalue weighted by Crippen LogP contribution is 2.18. The van der Waals surface area contributed by atoms with Crippen molar-refractivity contribution in [2.75, 3.05) is 4.43 Å². The summed E-state index contributed by atoms with van der Waals surface area (Å²) in [5, 5.41) is 0. The largest absolute Gasteiger partial charge is 0.0864 e. The van der Waals surface area contributed by atoms with E-state index in [4.69, 9.17) is 0 Å². The topological polar surface area (TPSA) is 0 Å². The summed E-state index contributed by atoms with van der Waals surface area (Å²) < 4.78 is 2.27. The van der Waals surface area contributed by atoms with Gasteiger partial charge in [-0.15, -0.1) is 0 Å². The SMILES string of the molecule is CCCCCCCCCCC(I)CCCI. The predicted octanol–water partition coefficient (Wildman–Crippen LogP) is 6.54.